The Morgan fingerprint density at radius 2 is 1.90 bits per heavy atom. The molecule has 1 atom stereocenters. The van der Waals surface area contributed by atoms with Crippen molar-refractivity contribution in [2.75, 3.05) is 6.61 Å². The molecule has 7 heteroatoms. The third kappa shape index (κ3) is 4.23. The third-order valence-corrected chi connectivity index (χ3v) is 5.77. The van der Waals surface area contributed by atoms with Gasteiger partial charge in [0.25, 0.3) is 11.7 Å². The van der Waals surface area contributed by atoms with Crippen LogP contribution in [0.4, 0.5) is 0 Å². The zero-order chi connectivity index (χ0) is 22.0. The number of carbonyl (C=O) groups excluding carboxylic acids is 2. The van der Waals surface area contributed by atoms with Gasteiger partial charge in [-0.15, -0.1) is 0 Å². The Morgan fingerprint density at radius 3 is 2.58 bits per heavy atom. The summed E-state index contributed by atoms with van der Waals surface area (Å²) in [5, 5.41) is 11.1. The molecule has 3 aromatic rings. The molecule has 6 nitrogen and oxygen atoms in total. The predicted octanol–water partition coefficient (Wildman–Crippen LogP) is 4.90. The van der Waals surface area contributed by atoms with Gasteiger partial charge in [-0.2, -0.15) is 0 Å². The normalized spacial score (nSPS) is 17.9. The van der Waals surface area contributed by atoms with Gasteiger partial charge in [0.2, 0.25) is 0 Å². The Morgan fingerprint density at radius 1 is 1.13 bits per heavy atom. The average molecular weight is 529 g/mol. The van der Waals surface area contributed by atoms with Crippen LogP contribution in [0.1, 0.15) is 29.9 Å². The van der Waals surface area contributed by atoms with E-state index in [1.54, 1.807) is 36.4 Å². The molecule has 1 saturated heterocycles. The number of hydrogen-bond donors (Lipinski definition) is 1. The van der Waals surface area contributed by atoms with Crippen LogP contribution < -0.4 is 4.74 Å². The Kier molecular flexibility index (Phi) is 6.13. The number of amides is 1. The smallest absolute Gasteiger partial charge is 0.296 e. The number of nitrogens with zero attached hydrogens (tertiary/aromatic N) is 1. The lowest BCUT2D eigenvalue weighted by Crippen LogP contribution is -2.29. The minimum absolute atomic E-state index is 0.0476. The number of hydrogen-bond acceptors (Lipinski definition) is 5. The van der Waals surface area contributed by atoms with Gasteiger partial charge in [0.1, 0.15) is 17.3 Å². The number of benzene rings is 2. The minimum Gasteiger partial charge on any atom is -0.507 e. The lowest BCUT2D eigenvalue weighted by Gasteiger charge is -2.24. The fourth-order valence-electron chi connectivity index (χ4n) is 3.66. The summed E-state index contributed by atoms with van der Waals surface area (Å²) in [6, 6.07) is 17.1. The fourth-order valence-corrected chi connectivity index (χ4v) is 4.02. The minimum atomic E-state index is -0.738. The first kappa shape index (κ1) is 21.2. The second kappa shape index (κ2) is 8.97. The number of Topliss-reactive ketones (excluding diaryl/α,β-unsaturated/α-hetero) is 1. The molecule has 0 radical (unpaired) electrons. The van der Waals surface area contributed by atoms with Crippen LogP contribution in [0.5, 0.6) is 5.75 Å². The predicted molar refractivity (Wildman–Crippen MR) is 123 cm³/mol. The van der Waals surface area contributed by atoms with Gasteiger partial charge in [0.15, 0.2) is 0 Å². The van der Waals surface area contributed by atoms with Gasteiger partial charge in [-0.3, -0.25) is 9.59 Å². The van der Waals surface area contributed by atoms with Crippen molar-refractivity contribution in [1.82, 2.24) is 4.90 Å². The number of aliphatic hydroxyl groups is 1. The van der Waals surface area contributed by atoms with Crippen LogP contribution in [-0.4, -0.2) is 28.3 Å². The number of furan rings is 1. The van der Waals surface area contributed by atoms with Gasteiger partial charge in [-0.25, -0.2) is 0 Å². The second-order valence-corrected chi connectivity index (χ2v) is 8.26. The molecule has 31 heavy (non-hydrogen) atoms. The number of halogens is 1. The molecule has 1 N–H and O–H groups in total. The van der Waals surface area contributed by atoms with E-state index >= 15 is 0 Å². The summed E-state index contributed by atoms with van der Waals surface area (Å²) in [6.45, 7) is 2.45. The number of aliphatic hydroxyl groups excluding tert-OH is 1. The molecule has 1 aliphatic rings. The van der Waals surface area contributed by atoms with Crippen LogP contribution in [0, 0.1) is 3.57 Å². The molecule has 0 aliphatic carbocycles. The van der Waals surface area contributed by atoms with Crippen molar-refractivity contribution >= 4 is 40.0 Å². The summed E-state index contributed by atoms with van der Waals surface area (Å²) < 4.78 is 11.9. The largest absolute Gasteiger partial charge is 0.507 e. The molecule has 1 unspecified atom stereocenters. The molecule has 1 aliphatic heterocycles. The van der Waals surface area contributed by atoms with Crippen molar-refractivity contribution in [3.63, 3.8) is 0 Å². The maximum atomic E-state index is 13.0. The van der Waals surface area contributed by atoms with E-state index in [1.165, 1.54) is 11.2 Å². The molecule has 0 saturated carbocycles. The van der Waals surface area contributed by atoms with Gasteiger partial charge in [0, 0.05) is 9.13 Å². The zero-order valence-electron chi connectivity index (χ0n) is 16.7. The van der Waals surface area contributed by atoms with Crippen LogP contribution in [-0.2, 0) is 16.1 Å². The highest BCUT2D eigenvalue weighted by Gasteiger charge is 2.46. The van der Waals surface area contributed by atoms with Crippen molar-refractivity contribution in [3.8, 4) is 5.75 Å². The van der Waals surface area contributed by atoms with E-state index in [-0.39, 0.29) is 17.9 Å². The summed E-state index contributed by atoms with van der Waals surface area (Å²) in [7, 11) is 0. The van der Waals surface area contributed by atoms with Crippen LogP contribution in [0.25, 0.3) is 5.76 Å². The summed E-state index contributed by atoms with van der Waals surface area (Å²) >= 11 is 2.19. The molecule has 1 amide bonds. The molecule has 0 bridgehead atoms. The van der Waals surface area contributed by atoms with Crippen LogP contribution in [0.15, 0.2) is 76.9 Å². The molecule has 158 valence electrons. The van der Waals surface area contributed by atoms with Gasteiger partial charge in [-0.05, 0) is 71.5 Å². The second-order valence-electron chi connectivity index (χ2n) is 7.02. The maximum Gasteiger partial charge on any atom is 0.296 e. The number of likely N-dealkylation sites (tertiary alicyclic amines) is 1. The first-order valence-electron chi connectivity index (χ1n) is 9.79. The number of ketones is 1. The van der Waals surface area contributed by atoms with Gasteiger partial charge < -0.3 is 19.2 Å². The third-order valence-electron chi connectivity index (χ3n) is 5.05. The quantitative estimate of drug-likeness (QED) is 0.213. The summed E-state index contributed by atoms with van der Waals surface area (Å²) in [5.41, 5.74) is 1.19. The summed E-state index contributed by atoms with van der Waals surface area (Å²) in [4.78, 5) is 27.4. The van der Waals surface area contributed by atoms with Crippen molar-refractivity contribution in [2.45, 2.75) is 19.5 Å². The highest BCUT2D eigenvalue weighted by molar-refractivity contribution is 14.1. The van der Waals surface area contributed by atoms with Gasteiger partial charge >= 0.3 is 0 Å². The van der Waals surface area contributed by atoms with Crippen molar-refractivity contribution < 1.29 is 23.8 Å². The highest BCUT2D eigenvalue weighted by Crippen LogP contribution is 2.40. The molecule has 4 rings (SSSR count). The molecule has 2 heterocycles. The van der Waals surface area contributed by atoms with Gasteiger partial charge in [-0.1, -0.05) is 24.3 Å². The van der Waals surface area contributed by atoms with E-state index in [2.05, 4.69) is 22.6 Å². The maximum absolute atomic E-state index is 13.0. The zero-order valence-corrected chi connectivity index (χ0v) is 18.9. The number of ether oxygens (including phenoxy) is 1. The van der Waals surface area contributed by atoms with Crippen molar-refractivity contribution in [1.29, 1.82) is 0 Å². The van der Waals surface area contributed by atoms with Crippen LogP contribution >= 0.6 is 22.6 Å². The van der Waals surface area contributed by atoms with Crippen LogP contribution in [0.2, 0.25) is 0 Å². The lowest BCUT2D eigenvalue weighted by molar-refractivity contribution is -0.140. The molecule has 0 spiro atoms. The Bertz CT molecular complexity index is 1140. The molecule has 1 fully saturated rings. The summed E-state index contributed by atoms with van der Waals surface area (Å²) in [5.74, 6) is -0.514. The van der Waals surface area contributed by atoms with Gasteiger partial charge in [0.05, 0.1) is 31.0 Å². The highest BCUT2D eigenvalue weighted by atomic mass is 127. The first-order chi connectivity index (χ1) is 15.0. The number of rotatable bonds is 6. The number of carbonyl (C=O) groups is 2. The molecular formula is C24H20INO5. The van der Waals surface area contributed by atoms with Crippen molar-refractivity contribution in [3.05, 3.63) is 93.0 Å². The first-order valence-corrected chi connectivity index (χ1v) is 10.9. The molecule has 1 aromatic heterocycles. The van der Waals surface area contributed by atoms with E-state index in [0.717, 1.165) is 9.13 Å². The topological polar surface area (TPSA) is 80.0 Å². The monoisotopic (exact) mass is 529 g/mol. The summed E-state index contributed by atoms with van der Waals surface area (Å²) in [6.07, 6.45) is 1.52. The molecular weight excluding hydrogens is 509 g/mol. The average Bonchev–Trinajstić information content (AvgIpc) is 3.37. The van der Waals surface area contributed by atoms with E-state index in [4.69, 9.17) is 9.15 Å². The van der Waals surface area contributed by atoms with E-state index in [0.29, 0.717) is 23.7 Å². The van der Waals surface area contributed by atoms with E-state index in [1.807, 2.05) is 31.2 Å². The van der Waals surface area contributed by atoms with E-state index < -0.39 is 17.7 Å². The SMILES string of the molecule is CCOc1cccc(/C(O)=C2\C(=O)C(=O)N(Cc3ccco3)C2c2ccc(I)cc2)c1. The van der Waals surface area contributed by atoms with E-state index in [9.17, 15) is 14.7 Å². The standard InChI is InChI=1S/C24H20INO5/c1-2-30-18-6-3-5-16(13-18)22(27)20-21(15-8-10-17(25)11-9-15)26(24(29)23(20)28)14-19-7-4-12-31-19/h3-13,21,27H,2,14H2,1H3/b22-20+. The lowest BCUT2D eigenvalue weighted by atomic mass is 9.95. The Balaban J connectivity index is 1.84. The Labute approximate surface area is 193 Å². The Hall–Kier alpha value is -3.07. The van der Waals surface area contributed by atoms with Crippen molar-refractivity contribution in [2.24, 2.45) is 0 Å². The fraction of sp³-hybridized carbons (Fsp3) is 0.167. The molecule has 2 aromatic carbocycles. The van der Waals surface area contributed by atoms with Crippen LogP contribution in [0.3, 0.4) is 0 Å².